The molecule has 21 heavy (non-hydrogen) atoms. The molecule has 114 valence electrons. The summed E-state index contributed by atoms with van der Waals surface area (Å²) in [5.41, 5.74) is 0.711. The lowest BCUT2D eigenvalue weighted by Gasteiger charge is -2.35. The average Bonchev–Trinajstić information content (AvgIpc) is 2.67. The van der Waals surface area contributed by atoms with E-state index < -0.39 is 0 Å². The number of nitrogens with zero attached hydrogens (tertiary/aromatic N) is 1. The van der Waals surface area contributed by atoms with Gasteiger partial charge in [-0.2, -0.15) is 0 Å². The fourth-order valence-electron chi connectivity index (χ4n) is 3.86. The van der Waals surface area contributed by atoms with Gasteiger partial charge >= 0.3 is 0 Å². The van der Waals surface area contributed by atoms with Gasteiger partial charge in [-0.05, 0) is 50.4 Å². The van der Waals surface area contributed by atoms with E-state index >= 15 is 0 Å². The van der Waals surface area contributed by atoms with Crippen LogP contribution in [0, 0.1) is 11.7 Å². The number of hydrogen-bond donors (Lipinski definition) is 0. The third-order valence-corrected chi connectivity index (χ3v) is 5.10. The van der Waals surface area contributed by atoms with E-state index in [2.05, 4.69) is 11.9 Å². The van der Waals surface area contributed by atoms with Crippen molar-refractivity contribution in [3.8, 4) is 5.75 Å². The highest BCUT2D eigenvalue weighted by Crippen LogP contribution is 2.38. The molecule has 3 nitrogen and oxygen atoms in total. The zero-order valence-corrected chi connectivity index (χ0v) is 12.6. The van der Waals surface area contributed by atoms with Gasteiger partial charge in [0.15, 0.2) is 0 Å². The number of Topliss-reactive ketones (excluding diaryl/α,β-unsaturated/α-hetero) is 1. The molecular weight excluding hydrogens is 269 g/mol. The summed E-state index contributed by atoms with van der Waals surface area (Å²) in [5, 5.41) is 0. The van der Waals surface area contributed by atoms with Crippen LogP contribution >= 0.6 is 0 Å². The number of rotatable bonds is 4. The molecule has 0 N–H and O–H groups in total. The van der Waals surface area contributed by atoms with Crippen molar-refractivity contribution in [1.29, 1.82) is 0 Å². The molecule has 0 spiro atoms. The molecule has 2 atom stereocenters. The van der Waals surface area contributed by atoms with Crippen LogP contribution in [0.5, 0.6) is 5.75 Å². The Balaban J connectivity index is 1.68. The fraction of sp³-hybridized carbons (Fsp3) is 0.588. The number of hydrogen-bond acceptors (Lipinski definition) is 3. The maximum Gasteiger partial charge on any atom is 0.140 e. The standard InChI is InChI=1S/C17H22FNO2/c1-19-14-3-4-15(19)9-12(8-14)17(20)7-11-5-13(18)10-16(6-11)21-2/h5-6,10,12,14-15H,3-4,7-9H2,1-2H3. The Morgan fingerprint density at radius 2 is 1.95 bits per heavy atom. The molecule has 0 aromatic heterocycles. The van der Waals surface area contributed by atoms with E-state index in [1.807, 2.05) is 0 Å². The van der Waals surface area contributed by atoms with E-state index in [1.165, 1.54) is 32.1 Å². The van der Waals surface area contributed by atoms with E-state index in [-0.39, 0.29) is 17.5 Å². The minimum absolute atomic E-state index is 0.132. The van der Waals surface area contributed by atoms with Crippen LogP contribution in [0.25, 0.3) is 0 Å². The van der Waals surface area contributed by atoms with Gasteiger partial charge in [0.2, 0.25) is 0 Å². The lowest BCUT2D eigenvalue weighted by atomic mass is 9.85. The van der Waals surface area contributed by atoms with Crippen molar-refractivity contribution in [2.24, 2.45) is 5.92 Å². The Kier molecular flexibility index (Phi) is 3.98. The first kappa shape index (κ1) is 14.5. The molecule has 2 unspecified atom stereocenters. The summed E-state index contributed by atoms with van der Waals surface area (Å²) in [6, 6.07) is 5.64. The molecule has 0 radical (unpaired) electrons. The summed E-state index contributed by atoms with van der Waals surface area (Å²) < 4.78 is 18.6. The monoisotopic (exact) mass is 291 g/mol. The first-order valence-corrected chi connectivity index (χ1v) is 7.65. The normalized spacial score (nSPS) is 28.6. The molecule has 0 aliphatic carbocycles. The number of benzene rings is 1. The van der Waals surface area contributed by atoms with Crippen molar-refractivity contribution in [2.45, 2.75) is 44.2 Å². The van der Waals surface area contributed by atoms with Crippen LogP contribution in [0.1, 0.15) is 31.2 Å². The van der Waals surface area contributed by atoms with Crippen LogP contribution < -0.4 is 4.74 Å². The molecule has 3 rings (SSSR count). The van der Waals surface area contributed by atoms with Crippen LogP contribution in [-0.2, 0) is 11.2 Å². The number of piperidine rings is 1. The molecule has 2 saturated heterocycles. The second-order valence-electron chi connectivity index (χ2n) is 6.36. The molecule has 2 fully saturated rings. The Hall–Kier alpha value is -1.42. The number of carbonyl (C=O) groups is 1. The predicted octanol–water partition coefficient (Wildman–Crippen LogP) is 2.82. The predicted molar refractivity (Wildman–Crippen MR) is 79.0 cm³/mol. The average molecular weight is 291 g/mol. The number of ether oxygens (including phenoxy) is 1. The van der Waals surface area contributed by atoms with Gasteiger partial charge in [-0.25, -0.2) is 4.39 Å². The third kappa shape index (κ3) is 2.95. The second kappa shape index (κ2) is 5.76. The van der Waals surface area contributed by atoms with Gasteiger partial charge in [-0.1, -0.05) is 0 Å². The first-order chi connectivity index (χ1) is 10.1. The van der Waals surface area contributed by atoms with Crippen molar-refractivity contribution in [3.63, 3.8) is 0 Å². The van der Waals surface area contributed by atoms with E-state index in [0.29, 0.717) is 29.8 Å². The van der Waals surface area contributed by atoms with Crippen molar-refractivity contribution in [3.05, 3.63) is 29.6 Å². The van der Waals surface area contributed by atoms with Gasteiger partial charge in [0, 0.05) is 30.5 Å². The minimum atomic E-state index is -0.347. The largest absolute Gasteiger partial charge is 0.497 e. The van der Waals surface area contributed by atoms with Gasteiger partial charge in [0.05, 0.1) is 7.11 Å². The van der Waals surface area contributed by atoms with Gasteiger partial charge in [0.25, 0.3) is 0 Å². The molecule has 2 aliphatic rings. The molecule has 4 heteroatoms. The summed E-state index contributed by atoms with van der Waals surface area (Å²) in [5.74, 6) is 0.502. The number of carbonyl (C=O) groups excluding carboxylic acids is 1. The minimum Gasteiger partial charge on any atom is -0.497 e. The Morgan fingerprint density at radius 3 is 2.57 bits per heavy atom. The second-order valence-corrected chi connectivity index (χ2v) is 6.36. The van der Waals surface area contributed by atoms with Crippen molar-refractivity contribution in [2.75, 3.05) is 14.2 Å². The molecule has 2 heterocycles. The number of ketones is 1. The van der Waals surface area contributed by atoms with Crippen LogP contribution in [-0.4, -0.2) is 36.9 Å². The number of fused-ring (bicyclic) bond motifs is 2. The van der Waals surface area contributed by atoms with Crippen LogP contribution in [0.2, 0.25) is 0 Å². The van der Waals surface area contributed by atoms with Gasteiger partial charge in [-0.15, -0.1) is 0 Å². The summed E-state index contributed by atoms with van der Waals surface area (Å²) in [7, 11) is 3.68. The molecule has 2 aliphatic heterocycles. The zero-order chi connectivity index (χ0) is 15.0. The van der Waals surface area contributed by atoms with Crippen molar-refractivity contribution in [1.82, 2.24) is 4.90 Å². The molecule has 1 aromatic rings. The first-order valence-electron chi connectivity index (χ1n) is 7.65. The Bertz CT molecular complexity index is 532. The molecule has 2 bridgehead atoms. The third-order valence-electron chi connectivity index (χ3n) is 5.10. The van der Waals surface area contributed by atoms with E-state index in [1.54, 1.807) is 6.07 Å². The lowest BCUT2D eigenvalue weighted by Crippen LogP contribution is -2.42. The molecular formula is C17H22FNO2. The highest BCUT2D eigenvalue weighted by atomic mass is 19.1. The van der Waals surface area contributed by atoms with Gasteiger partial charge in [0.1, 0.15) is 17.3 Å². The maximum absolute atomic E-state index is 13.5. The summed E-state index contributed by atoms with van der Waals surface area (Å²) >= 11 is 0. The van der Waals surface area contributed by atoms with E-state index in [0.717, 1.165) is 12.8 Å². The highest BCUT2D eigenvalue weighted by Gasteiger charge is 2.40. The molecule has 1 aromatic carbocycles. The quantitative estimate of drug-likeness (QED) is 0.854. The van der Waals surface area contributed by atoms with Gasteiger partial charge < -0.3 is 9.64 Å². The Labute approximate surface area is 125 Å². The lowest BCUT2D eigenvalue weighted by molar-refractivity contribution is -0.124. The molecule has 0 amide bonds. The topological polar surface area (TPSA) is 29.5 Å². The maximum atomic E-state index is 13.5. The zero-order valence-electron chi connectivity index (χ0n) is 12.6. The molecule has 0 saturated carbocycles. The summed E-state index contributed by atoms with van der Waals surface area (Å²) in [6.45, 7) is 0. The number of halogens is 1. The highest BCUT2D eigenvalue weighted by molar-refractivity contribution is 5.83. The van der Waals surface area contributed by atoms with Crippen LogP contribution in [0.4, 0.5) is 4.39 Å². The van der Waals surface area contributed by atoms with Crippen molar-refractivity contribution >= 4 is 5.78 Å². The fourth-order valence-corrected chi connectivity index (χ4v) is 3.86. The van der Waals surface area contributed by atoms with Gasteiger partial charge in [-0.3, -0.25) is 4.79 Å². The SMILES string of the molecule is COc1cc(F)cc(CC(=O)C2CC3CCC(C2)N3C)c1. The Morgan fingerprint density at radius 1 is 1.29 bits per heavy atom. The summed E-state index contributed by atoms with van der Waals surface area (Å²) in [4.78, 5) is 14.9. The van der Waals surface area contributed by atoms with Crippen LogP contribution in [0.15, 0.2) is 18.2 Å². The summed E-state index contributed by atoms with van der Waals surface area (Å²) in [6.07, 6.45) is 4.63. The van der Waals surface area contributed by atoms with E-state index in [4.69, 9.17) is 4.74 Å². The van der Waals surface area contributed by atoms with E-state index in [9.17, 15) is 9.18 Å². The number of methoxy groups -OCH3 is 1. The van der Waals surface area contributed by atoms with Crippen molar-refractivity contribution < 1.29 is 13.9 Å². The van der Waals surface area contributed by atoms with Crippen LogP contribution in [0.3, 0.4) is 0 Å². The smallest absolute Gasteiger partial charge is 0.140 e.